The molecule has 0 radical (unpaired) electrons. The van der Waals surface area contributed by atoms with Crippen molar-refractivity contribution in [1.29, 1.82) is 0 Å². The Bertz CT molecular complexity index is 650. The van der Waals surface area contributed by atoms with Crippen LogP contribution in [0.1, 0.15) is 81.9 Å². The number of carbonyl (C=O) groups is 2. The van der Waals surface area contributed by atoms with Crippen LogP contribution >= 0.6 is 23.5 Å². The van der Waals surface area contributed by atoms with Gasteiger partial charge in [0.2, 0.25) is 0 Å². The summed E-state index contributed by atoms with van der Waals surface area (Å²) in [5, 5.41) is 37.4. The Kier molecular flexibility index (Phi) is 11.6. The van der Waals surface area contributed by atoms with Gasteiger partial charge < -0.3 is 20.4 Å². The zero-order valence-corrected chi connectivity index (χ0v) is 18.0. The fourth-order valence-electron chi connectivity index (χ4n) is 3.09. The molecule has 0 saturated heterocycles. The van der Waals surface area contributed by atoms with E-state index in [0.29, 0.717) is 30.6 Å². The van der Waals surface area contributed by atoms with Crippen molar-refractivity contribution in [1.82, 2.24) is 0 Å². The quantitative estimate of drug-likeness (QED) is 0.324. The molecular formula is C20H30O6S2. The van der Waals surface area contributed by atoms with Gasteiger partial charge in [0.15, 0.2) is 0 Å². The predicted octanol–water partition coefficient (Wildman–Crippen LogP) is 4.22. The highest BCUT2D eigenvalue weighted by Gasteiger charge is 2.29. The van der Waals surface area contributed by atoms with Gasteiger partial charge in [-0.25, -0.2) is 9.59 Å². The fraction of sp³-hybridized carbons (Fsp3) is 0.600. The molecule has 0 spiro atoms. The summed E-state index contributed by atoms with van der Waals surface area (Å²) in [6.45, 7) is 4.14. The van der Waals surface area contributed by atoms with Gasteiger partial charge >= 0.3 is 11.9 Å². The number of carboxylic acids is 2. The summed E-state index contributed by atoms with van der Waals surface area (Å²) in [5.41, 5.74) is 1.12. The second kappa shape index (κ2) is 13.1. The van der Waals surface area contributed by atoms with Crippen LogP contribution in [0.3, 0.4) is 0 Å². The van der Waals surface area contributed by atoms with E-state index in [4.69, 9.17) is 10.2 Å². The predicted molar refractivity (Wildman–Crippen MR) is 115 cm³/mol. The molecule has 0 aliphatic heterocycles. The molecule has 0 saturated carbocycles. The molecule has 1 aromatic carbocycles. The second-order valence-electron chi connectivity index (χ2n) is 6.29. The Balaban J connectivity index is 3.53. The van der Waals surface area contributed by atoms with E-state index < -0.39 is 11.9 Å². The van der Waals surface area contributed by atoms with Crippen LogP contribution in [-0.4, -0.2) is 57.1 Å². The minimum Gasteiger partial charge on any atom is -0.478 e. The van der Waals surface area contributed by atoms with E-state index in [-0.39, 0.29) is 34.8 Å². The van der Waals surface area contributed by atoms with Crippen molar-refractivity contribution in [3.05, 3.63) is 34.4 Å². The third-order valence-electron chi connectivity index (χ3n) is 4.38. The monoisotopic (exact) mass is 430 g/mol. The molecule has 0 aliphatic rings. The Labute approximate surface area is 174 Å². The molecule has 0 heterocycles. The van der Waals surface area contributed by atoms with Gasteiger partial charge in [-0.15, -0.1) is 0 Å². The normalized spacial score (nSPS) is 13.3. The number of hydrogen-bond donors (Lipinski definition) is 4. The lowest BCUT2D eigenvalue weighted by molar-refractivity contribution is 0.0650. The smallest absolute Gasteiger partial charge is 0.336 e. The average molecular weight is 431 g/mol. The van der Waals surface area contributed by atoms with Gasteiger partial charge in [-0.3, -0.25) is 0 Å². The molecule has 0 amide bonds. The zero-order chi connectivity index (χ0) is 21.1. The Morgan fingerprint density at radius 1 is 0.893 bits per heavy atom. The summed E-state index contributed by atoms with van der Waals surface area (Å²) in [7, 11) is 0. The molecule has 0 fully saturated rings. The number of aliphatic hydroxyl groups is 2. The van der Waals surface area contributed by atoms with Crippen LogP contribution in [0, 0.1) is 0 Å². The van der Waals surface area contributed by atoms with Crippen molar-refractivity contribution in [2.24, 2.45) is 0 Å². The summed E-state index contributed by atoms with van der Waals surface area (Å²) in [4.78, 5) is 23.7. The minimum atomic E-state index is -1.25. The average Bonchev–Trinajstić information content (AvgIpc) is 2.68. The maximum atomic E-state index is 12.1. The first-order chi connectivity index (χ1) is 13.4. The maximum Gasteiger partial charge on any atom is 0.336 e. The first kappa shape index (κ1) is 24.8. The van der Waals surface area contributed by atoms with Crippen molar-refractivity contribution < 1.29 is 30.0 Å². The number of hydrogen-bond acceptors (Lipinski definition) is 6. The van der Waals surface area contributed by atoms with E-state index in [1.165, 1.54) is 6.07 Å². The van der Waals surface area contributed by atoms with E-state index in [2.05, 4.69) is 0 Å². The Morgan fingerprint density at radius 2 is 1.43 bits per heavy atom. The van der Waals surface area contributed by atoms with E-state index in [1.54, 1.807) is 29.6 Å². The van der Waals surface area contributed by atoms with Crippen LogP contribution in [0.15, 0.2) is 12.1 Å². The van der Waals surface area contributed by atoms with Gasteiger partial charge in [-0.2, -0.15) is 23.5 Å². The lowest BCUT2D eigenvalue weighted by Gasteiger charge is -2.26. The summed E-state index contributed by atoms with van der Waals surface area (Å²) in [6.07, 6.45) is 2.68. The zero-order valence-electron chi connectivity index (χ0n) is 16.4. The number of aliphatic hydroxyl groups excluding tert-OH is 2. The molecule has 1 rings (SSSR count). The second-order valence-corrected chi connectivity index (χ2v) is 8.91. The van der Waals surface area contributed by atoms with Gasteiger partial charge in [-0.05, 0) is 54.4 Å². The van der Waals surface area contributed by atoms with E-state index >= 15 is 0 Å². The topological polar surface area (TPSA) is 115 Å². The van der Waals surface area contributed by atoms with Gasteiger partial charge in [-0.1, -0.05) is 19.9 Å². The Hall–Kier alpha value is -1.22. The number of carboxylic acid groups (broad SMARTS) is 2. The van der Waals surface area contributed by atoms with Gasteiger partial charge in [0.1, 0.15) is 0 Å². The van der Waals surface area contributed by atoms with Crippen molar-refractivity contribution >= 4 is 35.5 Å². The molecule has 6 nitrogen and oxygen atoms in total. The third-order valence-corrected chi connectivity index (χ3v) is 7.39. The van der Waals surface area contributed by atoms with Crippen LogP contribution in [0.25, 0.3) is 0 Å². The highest BCUT2D eigenvalue weighted by Crippen LogP contribution is 2.44. The van der Waals surface area contributed by atoms with Crippen LogP contribution < -0.4 is 0 Å². The fourth-order valence-corrected chi connectivity index (χ4v) is 5.52. The van der Waals surface area contributed by atoms with Crippen molar-refractivity contribution in [2.75, 3.05) is 24.7 Å². The third kappa shape index (κ3) is 6.69. The van der Waals surface area contributed by atoms with Gasteiger partial charge in [0.05, 0.1) is 11.1 Å². The highest BCUT2D eigenvalue weighted by molar-refractivity contribution is 7.99. The maximum absolute atomic E-state index is 12.1. The van der Waals surface area contributed by atoms with E-state index in [1.807, 2.05) is 13.8 Å². The van der Waals surface area contributed by atoms with Gasteiger partial charge in [0, 0.05) is 23.7 Å². The van der Waals surface area contributed by atoms with E-state index in [9.17, 15) is 19.8 Å². The summed E-state index contributed by atoms with van der Waals surface area (Å²) in [6, 6.07) is 3.14. The molecule has 2 atom stereocenters. The standard InChI is InChI=1S/C20H30O6S2/c1-3-15(27-11-5-9-21)13-7-8-14(19(23)24)18(20(25)26)17(13)16(4-2)28-12-6-10-22/h7-8,15-16,21-22H,3-6,9-12H2,1-2H3,(H,23,24)(H,25,26). The van der Waals surface area contributed by atoms with Gasteiger partial charge in [0.25, 0.3) is 0 Å². The van der Waals surface area contributed by atoms with Crippen LogP contribution in [-0.2, 0) is 0 Å². The molecule has 8 heteroatoms. The molecule has 2 unspecified atom stereocenters. The summed E-state index contributed by atoms with van der Waals surface area (Å²) in [5.74, 6) is -1.07. The summed E-state index contributed by atoms with van der Waals surface area (Å²) < 4.78 is 0. The molecule has 28 heavy (non-hydrogen) atoms. The highest BCUT2D eigenvalue weighted by atomic mass is 32.2. The molecule has 1 aromatic rings. The van der Waals surface area contributed by atoms with Crippen molar-refractivity contribution in [3.8, 4) is 0 Å². The molecule has 0 bridgehead atoms. The summed E-state index contributed by atoms with van der Waals surface area (Å²) >= 11 is 3.21. The Morgan fingerprint density at radius 3 is 1.86 bits per heavy atom. The van der Waals surface area contributed by atoms with Crippen molar-refractivity contribution in [2.45, 2.75) is 50.0 Å². The van der Waals surface area contributed by atoms with Crippen LogP contribution in [0.2, 0.25) is 0 Å². The number of aromatic carboxylic acids is 2. The molecular weight excluding hydrogens is 400 g/mol. The largest absolute Gasteiger partial charge is 0.478 e. The lowest BCUT2D eigenvalue weighted by atomic mass is 9.90. The van der Waals surface area contributed by atoms with Crippen LogP contribution in [0.5, 0.6) is 0 Å². The van der Waals surface area contributed by atoms with Crippen molar-refractivity contribution in [3.63, 3.8) is 0 Å². The number of rotatable bonds is 14. The molecule has 4 N–H and O–H groups in total. The SMILES string of the molecule is CCC(SCCCO)c1ccc(C(=O)O)c(C(=O)O)c1C(CC)SCCCO. The minimum absolute atomic E-state index is 0.0231. The molecule has 0 aliphatic carbocycles. The number of thioether (sulfide) groups is 2. The molecule has 0 aromatic heterocycles. The first-order valence-electron chi connectivity index (χ1n) is 9.51. The lowest BCUT2D eigenvalue weighted by Crippen LogP contribution is -2.17. The first-order valence-corrected chi connectivity index (χ1v) is 11.6. The van der Waals surface area contributed by atoms with E-state index in [0.717, 1.165) is 17.7 Å². The molecule has 158 valence electrons. The number of benzene rings is 1. The van der Waals surface area contributed by atoms with Crippen LogP contribution in [0.4, 0.5) is 0 Å².